The number of thioether (sulfide) groups is 1. The van der Waals surface area contributed by atoms with E-state index in [1.165, 1.54) is 14.2 Å². The lowest BCUT2D eigenvalue weighted by molar-refractivity contribution is 0.102. The molecular weight excluding hydrogens is 364 g/mol. The molecular formula is C21H26O5S. The van der Waals surface area contributed by atoms with Gasteiger partial charge in [-0.25, -0.2) is 0 Å². The highest BCUT2D eigenvalue weighted by molar-refractivity contribution is 7.99. The van der Waals surface area contributed by atoms with Gasteiger partial charge in [-0.15, -0.1) is 0 Å². The molecule has 2 rings (SSSR count). The second kappa shape index (κ2) is 11.4. The van der Waals surface area contributed by atoms with Crippen LogP contribution < -0.4 is 18.9 Å². The molecule has 0 aliphatic carbocycles. The summed E-state index contributed by atoms with van der Waals surface area (Å²) in [7, 11) is 4.62. The Morgan fingerprint density at radius 1 is 0.926 bits per heavy atom. The van der Waals surface area contributed by atoms with Gasteiger partial charge in [-0.2, -0.15) is 11.8 Å². The predicted molar refractivity (Wildman–Crippen MR) is 109 cm³/mol. The molecule has 6 heteroatoms. The maximum atomic E-state index is 12.5. The molecule has 2 aromatic rings. The van der Waals surface area contributed by atoms with E-state index in [0.29, 0.717) is 35.2 Å². The highest BCUT2D eigenvalue weighted by atomic mass is 32.2. The standard InChI is InChI=1S/C21H26O5S/c1-23-19-13-16(14-20(24-2)21(19)25-3)18(22)15-27-12-8-7-11-26-17-9-5-4-6-10-17/h4-6,9-10,13-14H,7-8,11-12,15H2,1-3H3. The van der Waals surface area contributed by atoms with Crippen LogP contribution in [0.2, 0.25) is 0 Å². The Balaban J connectivity index is 1.74. The molecule has 0 N–H and O–H groups in total. The summed E-state index contributed by atoms with van der Waals surface area (Å²) < 4.78 is 21.5. The average Bonchev–Trinajstić information content (AvgIpc) is 2.72. The summed E-state index contributed by atoms with van der Waals surface area (Å²) in [5, 5.41) is 0. The van der Waals surface area contributed by atoms with Crippen LogP contribution in [-0.4, -0.2) is 45.2 Å². The molecule has 0 spiro atoms. The zero-order valence-electron chi connectivity index (χ0n) is 16.0. The molecule has 5 nitrogen and oxygen atoms in total. The normalized spacial score (nSPS) is 10.3. The Labute approximate surface area is 165 Å². The maximum absolute atomic E-state index is 12.5. The summed E-state index contributed by atoms with van der Waals surface area (Å²) in [6.45, 7) is 0.686. The van der Waals surface area contributed by atoms with Gasteiger partial charge in [0.05, 0.1) is 33.7 Å². The Morgan fingerprint density at radius 3 is 2.19 bits per heavy atom. The summed E-state index contributed by atoms with van der Waals surface area (Å²) in [4.78, 5) is 12.5. The first kappa shape index (κ1) is 21.0. The van der Waals surface area contributed by atoms with Gasteiger partial charge in [-0.1, -0.05) is 18.2 Å². The first-order valence-electron chi connectivity index (χ1n) is 8.78. The van der Waals surface area contributed by atoms with Crippen molar-refractivity contribution in [1.82, 2.24) is 0 Å². The van der Waals surface area contributed by atoms with Crippen molar-refractivity contribution in [3.05, 3.63) is 48.0 Å². The zero-order chi connectivity index (χ0) is 19.5. The third kappa shape index (κ3) is 6.40. The minimum Gasteiger partial charge on any atom is -0.494 e. The first-order valence-corrected chi connectivity index (χ1v) is 9.94. The van der Waals surface area contributed by atoms with Gasteiger partial charge in [0.1, 0.15) is 5.75 Å². The molecule has 0 aromatic heterocycles. The zero-order valence-corrected chi connectivity index (χ0v) is 16.8. The van der Waals surface area contributed by atoms with Crippen LogP contribution >= 0.6 is 11.8 Å². The van der Waals surface area contributed by atoms with E-state index in [1.807, 2.05) is 30.3 Å². The predicted octanol–water partition coefficient (Wildman–Crippen LogP) is 4.49. The SMILES string of the molecule is COc1cc(C(=O)CSCCCCOc2ccccc2)cc(OC)c1OC. The Hall–Kier alpha value is -2.34. The molecule has 0 radical (unpaired) electrons. The summed E-state index contributed by atoms with van der Waals surface area (Å²) in [5.74, 6) is 3.73. The van der Waals surface area contributed by atoms with Gasteiger partial charge >= 0.3 is 0 Å². The van der Waals surface area contributed by atoms with Crippen molar-refractivity contribution < 1.29 is 23.7 Å². The van der Waals surface area contributed by atoms with Gasteiger partial charge in [0.25, 0.3) is 0 Å². The third-order valence-corrected chi connectivity index (χ3v) is 4.96. The van der Waals surface area contributed by atoms with E-state index in [0.717, 1.165) is 24.3 Å². The second-order valence-corrected chi connectivity index (χ2v) is 6.86. The molecule has 27 heavy (non-hydrogen) atoms. The fourth-order valence-corrected chi connectivity index (χ4v) is 3.41. The molecule has 0 unspecified atom stereocenters. The van der Waals surface area contributed by atoms with Crippen LogP contribution in [0.5, 0.6) is 23.0 Å². The number of carbonyl (C=O) groups is 1. The number of carbonyl (C=O) groups excluding carboxylic acids is 1. The second-order valence-electron chi connectivity index (χ2n) is 5.76. The van der Waals surface area contributed by atoms with Crippen molar-refractivity contribution >= 4 is 17.5 Å². The molecule has 0 saturated carbocycles. The monoisotopic (exact) mass is 390 g/mol. The van der Waals surface area contributed by atoms with Crippen molar-refractivity contribution in [1.29, 1.82) is 0 Å². The van der Waals surface area contributed by atoms with E-state index in [-0.39, 0.29) is 5.78 Å². The summed E-state index contributed by atoms with van der Waals surface area (Å²) in [5.41, 5.74) is 0.560. The van der Waals surface area contributed by atoms with E-state index in [9.17, 15) is 4.79 Å². The Bertz CT molecular complexity index is 693. The summed E-state index contributed by atoms with van der Waals surface area (Å²) in [6.07, 6.45) is 1.96. The van der Waals surface area contributed by atoms with Crippen LogP contribution in [0.25, 0.3) is 0 Å². The first-order chi connectivity index (χ1) is 13.2. The lowest BCUT2D eigenvalue weighted by Crippen LogP contribution is -2.06. The number of unbranched alkanes of at least 4 members (excludes halogenated alkanes) is 1. The summed E-state index contributed by atoms with van der Waals surface area (Å²) in [6, 6.07) is 13.2. The Kier molecular flexibility index (Phi) is 8.84. The smallest absolute Gasteiger partial charge is 0.203 e. The van der Waals surface area contributed by atoms with Gasteiger partial charge < -0.3 is 18.9 Å². The fourth-order valence-electron chi connectivity index (χ4n) is 2.50. The minimum absolute atomic E-state index is 0.0415. The van der Waals surface area contributed by atoms with Crippen molar-refractivity contribution in [2.75, 3.05) is 39.4 Å². The van der Waals surface area contributed by atoms with Crippen LogP contribution in [0.4, 0.5) is 0 Å². The van der Waals surface area contributed by atoms with Crippen LogP contribution in [0.1, 0.15) is 23.2 Å². The number of rotatable bonds is 12. The van der Waals surface area contributed by atoms with Gasteiger partial charge in [0.2, 0.25) is 5.75 Å². The summed E-state index contributed by atoms with van der Waals surface area (Å²) >= 11 is 1.62. The van der Waals surface area contributed by atoms with E-state index >= 15 is 0 Å². The minimum atomic E-state index is 0.0415. The van der Waals surface area contributed by atoms with E-state index in [2.05, 4.69) is 0 Å². The molecule has 0 heterocycles. The van der Waals surface area contributed by atoms with E-state index in [1.54, 1.807) is 31.0 Å². The molecule has 0 aliphatic heterocycles. The van der Waals surface area contributed by atoms with Crippen LogP contribution in [0, 0.1) is 0 Å². The molecule has 0 bridgehead atoms. The average molecular weight is 391 g/mol. The number of para-hydroxylation sites is 1. The molecule has 0 fully saturated rings. The molecule has 0 aliphatic rings. The number of methoxy groups -OCH3 is 3. The number of ether oxygens (including phenoxy) is 4. The van der Waals surface area contributed by atoms with Crippen molar-refractivity contribution in [2.45, 2.75) is 12.8 Å². The lowest BCUT2D eigenvalue weighted by atomic mass is 10.1. The number of benzene rings is 2. The topological polar surface area (TPSA) is 54.0 Å². The van der Waals surface area contributed by atoms with Crippen molar-refractivity contribution in [3.8, 4) is 23.0 Å². The van der Waals surface area contributed by atoms with Gasteiger partial charge in [0, 0.05) is 5.56 Å². The number of hydrogen-bond donors (Lipinski definition) is 0. The van der Waals surface area contributed by atoms with Crippen LogP contribution in [0.3, 0.4) is 0 Å². The van der Waals surface area contributed by atoms with E-state index in [4.69, 9.17) is 18.9 Å². The Morgan fingerprint density at radius 2 is 1.59 bits per heavy atom. The highest BCUT2D eigenvalue weighted by Crippen LogP contribution is 2.38. The van der Waals surface area contributed by atoms with Crippen molar-refractivity contribution in [3.63, 3.8) is 0 Å². The number of ketones is 1. The number of hydrogen-bond acceptors (Lipinski definition) is 6. The fraction of sp³-hybridized carbons (Fsp3) is 0.381. The maximum Gasteiger partial charge on any atom is 0.203 e. The van der Waals surface area contributed by atoms with Gasteiger partial charge in [-0.3, -0.25) is 4.79 Å². The molecule has 0 amide bonds. The molecule has 2 aromatic carbocycles. The highest BCUT2D eigenvalue weighted by Gasteiger charge is 2.16. The molecule has 146 valence electrons. The third-order valence-electron chi connectivity index (χ3n) is 3.91. The number of Topliss-reactive ketones (excluding diaryl/α,β-unsaturated/α-hetero) is 1. The quantitative estimate of drug-likeness (QED) is 0.393. The largest absolute Gasteiger partial charge is 0.494 e. The van der Waals surface area contributed by atoms with Gasteiger partial charge in [0.15, 0.2) is 17.3 Å². The molecule has 0 atom stereocenters. The van der Waals surface area contributed by atoms with Crippen molar-refractivity contribution in [2.24, 2.45) is 0 Å². The van der Waals surface area contributed by atoms with E-state index < -0.39 is 0 Å². The van der Waals surface area contributed by atoms with Gasteiger partial charge in [-0.05, 0) is 42.9 Å². The lowest BCUT2D eigenvalue weighted by Gasteiger charge is -2.13. The molecule has 0 saturated heterocycles. The van der Waals surface area contributed by atoms with Crippen LogP contribution in [0.15, 0.2) is 42.5 Å². The van der Waals surface area contributed by atoms with Crippen LogP contribution in [-0.2, 0) is 0 Å².